The van der Waals surface area contributed by atoms with Gasteiger partial charge < -0.3 is 14.6 Å². The summed E-state index contributed by atoms with van der Waals surface area (Å²) in [4.78, 5) is 24.1. The molecule has 0 spiro atoms. The number of ether oxygens (including phenoxy) is 1. The summed E-state index contributed by atoms with van der Waals surface area (Å²) in [6, 6.07) is 13.9. The van der Waals surface area contributed by atoms with E-state index in [1.165, 1.54) is 4.57 Å². The average Bonchev–Trinajstić information content (AvgIpc) is 2.56. The second kappa shape index (κ2) is 6.76. The van der Waals surface area contributed by atoms with Crippen molar-refractivity contribution in [2.45, 2.75) is 0 Å². The summed E-state index contributed by atoms with van der Waals surface area (Å²) < 4.78 is 7.08. The number of carbonyl (C=O) groups excluding carboxylic acids is 1. The first-order valence-corrected chi connectivity index (χ1v) is 7.69. The highest BCUT2D eigenvalue weighted by molar-refractivity contribution is 6.30. The molecule has 0 radical (unpaired) electrons. The monoisotopic (exact) mass is 342 g/mol. The smallest absolute Gasteiger partial charge is 0.262 e. The predicted octanol–water partition coefficient (Wildman–Crippen LogP) is 3.21. The lowest BCUT2D eigenvalue weighted by Crippen LogP contribution is -2.20. The quantitative estimate of drug-likeness (QED) is 0.792. The maximum absolute atomic E-state index is 12.1. The van der Waals surface area contributed by atoms with Crippen LogP contribution in [-0.2, 0) is 11.8 Å². The van der Waals surface area contributed by atoms with Crippen molar-refractivity contribution in [3.8, 4) is 5.75 Å². The molecule has 0 saturated carbocycles. The second-order valence-corrected chi connectivity index (χ2v) is 5.73. The topological polar surface area (TPSA) is 60.3 Å². The number of anilines is 1. The first kappa shape index (κ1) is 16.1. The Balaban J connectivity index is 1.75. The molecule has 1 heterocycles. The Bertz CT molecular complexity index is 966. The van der Waals surface area contributed by atoms with Gasteiger partial charge in [-0.2, -0.15) is 0 Å². The third-order valence-electron chi connectivity index (χ3n) is 3.55. The van der Waals surface area contributed by atoms with Gasteiger partial charge in [0, 0.05) is 29.3 Å². The zero-order valence-electron chi connectivity index (χ0n) is 13.0. The van der Waals surface area contributed by atoms with Gasteiger partial charge in [-0.3, -0.25) is 9.59 Å². The Morgan fingerprint density at radius 3 is 2.75 bits per heavy atom. The lowest BCUT2D eigenvalue weighted by molar-refractivity contribution is -0.118. The van der Waals surface area contributed by atoms with E-state index in [1.54, 1.807) is 61.8 Å². The van der Waals surface area contributed by atoms with Gasteiger partial charge in [0.25, 0.3) is 11.5 Å². The number of nitrogens with zero attached hydrogens (tertiary/aromatic N) is 1. The van der Waals surface area contributed by atoms with E-state index in [-0.39, 0.29) is 18.1 Å². The van der Waals surface area contributed by atoms with Crippen LogP contribution in [0.3, 0.4) is 0 Å². The molecule has 0 bridgehead atoms. The van der Waals surface area contributed by atoms with E-state index in [0.29, 0.717) is 27.2 Å². The number of pyridine rings is 1. The molecule has 0 saturated heterocycles. The standard InChI is InChI=1S/C18H15ClN2O3/c1-21-9-8-14-15(18(21)23)6-3-7-16(14)24-11-17(22)20-13-5-2-4-12(19)10-13/h2-10H,11H2,1H3,(H,20,22). The van der Waals surface area contributed by atoms with Crippen molar-refractivity contribution < 1.29 is 9.53 Å². The molecule has 1 aromatic heterocycles. The fraction of sp³-hybridized carbons (Fsp3) is 0.111. The minimum atomic E-state index is -0.307. The van der Waals surface area contributed by atoms with Crippen LogP contribution < -0.4 is 15.6 Å². The number of benzene rings is 2. The van der Waals surface area contributed by atoms with E-state index < -0.39 is 0 Å². The maximum Gasteiger partial charge on any atom is 0.262 e. The molecular weight excluding hydrogens is 328 g/mol. The number of rotatable bonds is 4. The minimum absolute atomic E-state index is 0.110. The Morgan fingerprint density at radius 1 is 1.17 bits per heavy atom. The summed E-state index contributed by atoms with van der Waals surface area (Å²) in [5, 5.41) is 4.47. The molecule has 0 aliphatic carbocycles. The highest BCUT2D eigenvalue weighted by Crippen LogP contribution is 2.23. The van der Waals surface area contributed by atoms with Crippen LogP contribution in [0.15, 0.2) is 59.5 Å². The molecule has 1 amide bonds. The van der Waals surface area contributed by atoms with Crippen LogP contribution in [-0.4, -0.2) is 17.1 Å². The van der Waals surface area contributed by atoms with E-state index in [1.807, 2.05) is 0 Å². The van der Waals surface area contributed by atoms with E-state index in [2.05, 4.69) is 5.32 Å². The first-order chi connectivity index (χ1) is 11.5. The van der Waals surface area contributed by atoms with Gasteiger partial charge >= 0.3 is 0 Å². The van der Waals surface area contributed by atoms with Crippen LogP contribution in [0.5, 0.6) is 5.75 Å². The fourth-order valence-electron chi connectivity index (χ4n) is 2.38. The van der Waals surface area contributed by atoms with Gasteiger partial charge in [0.2, 0.25) is 0 Å². The van der Waals surface area contributed by atoms with Gasteiger partial charge in [-0.05, 0) is 36.4 Å². The summed E-state index contributed by atoms with van der Waals surface area (Å²) in [6.45, 7) is -0.166. The molecule has 0 aliphatic rings. The Hall–Kier alpha value is -2.79. The van der Waals surface area contributed by atoms with Crippen LogP contribution in [0.4, 0.5) is 5.69 Å². The van der Waals surface area contributed by atoms with Crippen LogP contribution in [0, 0.1) is 0 Å². The molecular formula is C18H15ClN2O3. The lowest BCUT2D eigenvalue weighted by atomic mass is 10.1. The third-order valence-corrected chi connectivity index (χ3v) is 3.78. The van der Waals surface area contributed by atoms with Crippen molar-refractivity contribution in [2.24, 2.45) is 7.05 Å². The van der Waals surface area contributed by atoms with Gasteiger partial charge in [0.05, 0.1) is 5.39 Å². The van der Waals surface area contributed by atoms with Crippen LogP contribution >= 0.6 is 11.6 Å². The molecule has 24 heavy (non-hydrogen) atoms. The number of nitrogens with one attached hydrogen (secondary N) is 1. The maximum atomic E-state index is 12.1. The minimum Gasteiger partial charge on any atom is -0.483 e. The van der Waals surface area contributed by atoms with Crippen molar-refractivity contribution >= 4 is 34.0 Å². The molecule has 1 N–H and O–H groups in total. The number of aromatic nitrogens is 1. The number of fused-ring (bicyclic) bond motifs is 1. The van der Waals surface area contributed by atoms with Gasteiger partial charge in [-0.15, -0.1) is 0 Å². The molecule has 6 heteroatoms. The van der Waals surface area contributed by atoms with E-state index in [9.17, 15) is 9.59 Å². The number of halogens is 1. The third kappa shape index (κ3) is 3.41. The number of amides is 1. The highest BCUT2D eigenvalue weighted by atomic mass is 35.5. The van der Waals surface area contributed by atoms with Crippen molar-refractivity contribution in [3.63, 3.8) is 0 Å². The number of hydrogen-bond donors (Lipinski definition) is 1. The van der Waals surface area contributed by atoms with Gasteiger partial charge in [0.1, 0.15) is 5.75 Å². The Kier molecular flexibility index (Phi) is 4.53. The highest BCUT2D eigenvalue weighted by Gasteiger charge is 2.09. The zero-order chi connectivity index (χ0) is 17.1. The van der Waals surface area contributed by atoms with Crippen molar-refractivity contribution in [1.82, 2.24) is 4.57 Å². The SMILES string of the molecule is Cn1ccc2c(OCC(=O)Nc3cccc(Cl)c3)cccc2c1=O. The molecule has 0 atom stereocenters. The summed E-state index contributed by atoms with van der Waals surface area (Å²) in [5.74, 6) is 0.185. The molecule has 0 aliphatic heterocycles. The average molecular weight is 343 g/mol. The molecule has 122 valence electrons. The zero-order valence-corrected chi connectivity index (χ0v) is 13.7. The van der Waals surface area contributed by atoms with Crippen molar-refractivity contribution in [3.05, 3.63) is 70.1 Å². The molecule has 2 aromatic carbocycles. The number of hydrogen-bond acceptors (Lipinski definition) is 3. The molecule has 3 rings (SSSR count). The Morgan fingerprint density at radius 2 is 1.96 bits per heavy atom. The summed E-state index contributed by atoms with van der Waals surface area (Å²) in [7, 11) is 1.69. The van der Waals surface area contributed by atoms with Crippen LogP contribution in [0.2, 0.25) is 5.02 Å². The van der Waals surface area contributed by atoms with Crippen molar-refractivity contribution in [2.75, 3.05) is 11.9 Å². The van der Waals surface area contributed by atoms with E-state index >= 15 is 0 Å². The first-order valence-electron chi connectivity index (χ1n) is 7.31. The van der Waals surface area contributed by atoms with Gasteiger partial charge in [-0.1, -0.05) is 23.7 Å². The largest absolute Gasteiger partial charge is 0.483 e. The van der Waals surface area contributed by atoms with Crippen LogP contribution in [0.1, 0.15) is 0 Å². The van der Waals surface area contributed by atoms with Gasteiger partial charge in [-0.25, -0.2) is 0 Å². The molecule has 0 fully saturated rings. The van der Waals surface area contributed by atoms with Gasteiger partial charge in [0.15, 0.2) is 6.61 Å². The fourth-order valence-corrected chi connectivity index (χ4v) is 2.57. The lowest BCUT2D eigenvalue weighted by Gasteiger charge is -2.10. The predicted molar refractivity (Wildman–Crippen MR) is 94.8 cm³/mol. The van der Waals surface area contributed by atoms with Crippen molar-refractivity contribution in [1.29, 1.82) is 0 Å². The number of aryl methyl sites for hydroxylation is 1. The summed E-state index contributed by atoms with van der Waals surface area (Å²) in [5.41, 5.74) is 0.490. The molecule has 0 unspecified atom stereocenters. The number of carbonyl (C=O) groups is 1. The van der Waals surface area contributed by atoms with E-state index in [4.69, 9.17) is 16.3 Å². The van der Waals surface area contributed by atoms with Crippen LogP contribution in [0.25, 0.3) is 10.8 Å². The molecule has 3 aromatic rings. The normalized spacial score (nSPS) is 10.6. The van der Waals surface area contributed by atoms with E-state index in [0.717, 1.165) is 0 Å². The summed E-state index contributed by atoms with van der Waals surface area (Å²) in [6.07, 6.45) is 1.67. The molecule has 5 nitrogen and oxygen atoms in total. The summed E-state index contributed by atoms with van der Waals surface area (Å²) >= 11 is 5.88. The second-order valence-electron chi connectivity index (χ2n) is 5.30. The Labute approximate surface area is 143 Å².